The molecule has 4 aromatic rings. The Morgan fingerprint density at radius 1 is 1.09 bits per heavy atom. The SMILES string of the molecule is Cc1cc(C(N)=O)nn1-c1ccc2c(c1)c(Br)cn2Cc1ccc([C@H]2C[C@@H]3CN(C)C[C@@H]3C2)cc1. The second-order valence-corrected chi connectivity index (χ2v) is 11.3. The standard InChI is InChI=1S/C28H30BrN5O/c1-17-9-26(28(30)35)31-34(17)23-7-8-27-24(12-23)25(29)16-33(27)13-18-3-5-19(6-4-18)20-10-21-14-32(2)15-22(21)11-20/h3-9,12,16,20-22H,10-11,13-15H2,1-2H3,(H2,30,35)/t20-,21+,22-. The number of carbonyl (C=O) groups is 1. The molecule has 1 saturated carbocycles. The molecule has 2 aromatic heterocycles. The summed E-state index contributed by atoms with van der Waals surface area (Å²) in [7, 11) is 2.25. The first kappa shape index (κ1) is 22.6. The molecule has 1 aliphatic carbocycles. The lowest BCUT2D eigenvalue weighted by Gasteiger charge is -2.15. The van der Waals surface area contributed by atoms with Crippen LogP contribution < -0.4 is 5.73 Å². The molecule has 35 heavy (non-hydrogen) atoms. The third kappa shape index (κ3) is 4.10. The maximum Gasteiger partial charge on any atom is 0.269 e. The molecule has 1 aliphatic heterocycles. The van der Waals surface area contributed by atoms with Crippen LogP contribution in [0.5, 0.6) is 0 Å². The van der Waals surface area contributed by atoms with Crippen molar-refractivity contribution in [3.05, 3.63) is 81.7 Å². The molecule has 0 radical (unpaired) electrons. The average Bonchev–Trinajstić information content (AvgIpc) is 3.57. The molecule has 0 spiro atoms. The molecule has 0 unspecified atom stereocenters. The summed E-state index contributed by atoms with van der Waals surface area (Å²) in [6, 6.07) is 17.2. The third-order valence-corrected chi connectivity index (χ3v) is 8.57. The highest BCUT2D eigenvalue weighted by molar-refractivity contribution is 9.10. The van der Waals surface area contributed by atoms with E-state index in [4.69, 9.17) is 5.73 Å². The molecule has 2 aliphatic rings. The molecule has 2 N–H and O–H groups in total. The summed E-state index contributed by atoms with van der Waals surface area (Å²) in [5.74, 6) is 1.96. The van der Waals surface area contributed by atoms with Gasteiger partial charge in [-0.15, -0.1) is 0 Å². The van der Waals surface area contributed by atoms with Gasteiger partial charge in [-0.25, -0.2) is 4.68 Å². The number of rotatable bonds is 5. The number of aryl methyl sites for hydroxylation is 1. The van der Waals surface area contributed by atoms with Gasteiger partial charge in [-0.05, 0) is 95.9 Å². The largest absolute Gasteiger partial charge is 0.364 e. The van der Waals surface area contributed by atoms with Crippen molar-refractivity contribution < 1.29 is 4.79 Å². The molecular weight excluding hydrogens is 502 g/mol. The van der Waals surface area contributed by atoms with E-state index in [-0.39, 0.29) is 5.69 Å². The monoisotopic (exact) mass is 531 g/mol. The van der Waals surface area contributed by atoms with Crippen LogP contribution in [0.4, 0.5) is 0 Å². The fourth-order valence-electron chi connectivity index (χ4n) is 6.26. The minimum absolute atomic E-state index is 0.274. The first-order valence-electron chi connectivity index (χ1n) is 12.3. The van der Waals surface area contributed by atoms with Crippen molar-refractivity contribution in [2.24, 2.45) is 17.6 Å². The Hall–Kier alpha value is -2.90. The van der Waals surface area contributed by atoms with Gasteiger partial charge in [0.2, 0.25) is 0 Å². The van der Waals surface area contributed by atoms with Crippen molar-refractivity contribution in [2.75, 3.05) is 20.1 Å². The van der Waals surface area contributed by atoms with Crippen LogP contribution in [0.2, 0.25) is 0 Å². The van der Waals surface area contributed by atoms with Crippen molar-refractivity contribution in [3.8, 4) is 5.69 Å². The second kappa shape index (κ2) is 8.64. The summed E-state index contributed by atoms with van der Waals surface area (Å²) >= 11 is 3.74. The average molecular weight is 532 g/mol. The van der Waals surface area contributed by atoms with Gasteiger partial charge in [0.05, 0.1) is 5.69 Å². The van der Waals surface area contributed by atoms with Crippen molar-refractivity contribution >= 4 is 32.7 Å². The Morgan fingerprint density at radius 2 is 1.80 bits per heavy atom. The lowest BCUT2D eigenvalue weighted by molar-refractivity contribution is 0.0995. The number of aromatic nitrogens is 3. The number of amides is 1. The van der Waals surface area contributed by atoms with E-state index >= 15 is 0 Å². The van der Waals surface area contributed by atoms with E-state index in [1.807, 2.05) is 13.0 Å². The first-order chi connectivity index (χ1) is 16.9. The zero-order chi connectivity index (χ0) is 24.3. The van der Waals surface area contributed by atoms with E-state index in [2.05, 4.69) is 80.1 Å². The highest BCUT2D eigenvalue weighted by Crippen LogP contribution is 2.45. The Balaban J connectivity index is 1.22. The normalized spacial score (nSPS) is 22.2. The molecule has 1 amide bonds. The van der Waals surface area contributed by atoms with Crippen LogP contribution in [0, 0.1) is 18.8 Å². The molecule has 3 atom stereocenters. The van der Waals surface area contributed by atoms with Crippen LogP contribution in [0.25, 0.3) is 16.6 Å². The predicted octanol–water partition coefficient (Wildman–Crippen LogP) is 5.10. The van der Waals surface area contributed by atoms with Gasteiger partial charge in [-0.3, -0.25) is 4.79 Å². The first-order valence-corrected chi connectivity index (χ1v) is 13.1. The number of fused-ring (bicyclic) bond motifs is 2. The van der Waals surface area contributed by atoms with Gasteiger partial charge in [-0.2, -0.15) is 5.10 Å². The van der Waals surface area contributed by atoms with E-state index in [0.717, 1.165) is 45.1 Å². The highest BCUT2D eigenvalue weighted by atomic mass is 79.9. The molecule has 3 heterocycles. The van der Waals surface area contributed by atoms with E-state index in [0.29, 0.717) is 5.92 Å². The Morgan fingerprint density at radius 3 is 2.46 bits per heavy atom. The summed E-state index contributed by atoms with van der Waals surface area (Å²) in [5, 5.41) is 5.48. The van der Waals surface area contributed by atoms with Crippen molar-refractivity contribution in [2.45, 2.75) is 32.2 Å². The second-order valence-electron chi connectivity index (χ2n) is 10.4. The smallest absolute Gasteiger partial charge is 0.269 e. The van der Waals surface area contributed by atoms with E-state index < -0.39 is 5.91 Å². The number of primary amides is 1. The fourth-order valence-corrected chi connectivity index (χ4v) is 6.82. The topological polar surface area (TPSA) is 69.1 Å². The lowest BCUT2D eigenvalue weighted by Crippen LogP contribution is -2.16. The minimum atomic E-state index is -0.519. The van der Waals surface area contributed by atoms with Crippen LogP contribution >= 0.6 is 15.9 Å². The van der Waals surface area contributed by atoms with E-state index in [1.54, 1.807) is 10.7 Å². The van der Waals surface area contributed by atoms with Gasteiger partial charge < -0.3 is 15.2 Å². The maximum atomic E-state index is 11.5. The quantitative estimate of drug-likeness (QED) is 0.389. The molecule has 6 nitrogen and oxygen atoms in total. The molecule has 2 aromatic carbocycles. The Kier molecular flexibility index (Phi) is 5.57. The molecule has 0 bridgehead atoms. The van der Waals surface area contributed by atoms with Gasteiger partial charge in [0, 0.05) is 46.9 Å². The third-order valence-electron chi connectivity index (χ3n) is 7.94. The number of hydrogen-bond acceptors (Lipinski definition) is 3. The number of hydrogen-bond donors (Lipinski definition) is 1. The van der Waals surface area contributed by atoms with Crippen molar-refractivity contribution in [1.29, 1.82) is 0 Å². The van der Waals surface area contributed by atoms with Gasteiger partial charge in [0.15, 0.2) is 5.69 Å². The lowest BCUT2D eigenvalue weighted by atomic mass is 9.95. The summed E-state index contributed by atoms with van der Waals surface area (Å²) in [4.78, 5) is 14.0. The number of halogens is 1. The van der Waals surface area contributed by atoms with Crippen LogP contribution in [0.3, 0.4) is 0 Å². The van der Waals surface area contributed by atoms with Gasteiger partial charge >= 0.3 is 0 Å². The predicted molar refractivity (Wildman–Crippen MR) is 142 cm³/mol. The number of nitrogens with two attached hydrogens (primary N) is 1. The number of nitrogens with zero attached hydrogens (tertiary/aromatic N) is 4. The molecule has 1 saturated heterocycles. The molecule has 7 heteroatoms. The summed E-state index contributed by atoms with van der Waals surface area (Å²) in [5.41, 5.74) is 11.4. The van der Waals surface area contributed by atoms with Gasteiger partial charge in [-0.1, -0.05) is 24.3 Å². The number of benzene rings is 2. The van der Waals surface area contributed by atoms with Gasteiger partial charge in [0.1, 0.15) is 0 Å². The zero-order valence-electron chi connectivity index (χ0n) is 20.1. The molecule has 6 rings (SSSR count). The summed E-state index contributed by atoms with van der Waals surface area (Å²) in [6.07, 6.45) is 4.81. The van der Waals surface area contributed by atoms with Crippen LogP contribution in [-0.4, -0.2) is 45.3 Å². The highest BCUT2D eigenvalue weighted by Gasteiger charge is 2.39. The molecule has 2 fully saturated rings. The van der Waals surface area contributed by atoms with Crippen LogP contribution in [-0.2, 0) is 6.54 Å². The van der Waals surface area contributed by atoms with E-state index in [9.17, 15) is 4.79 Å². The fraction of sp³-hybridized carbons (Fsp3) is 0.357. The number of likely N-dealkylation sites (tertiary alicyclic amines) is 1. The van der Waals surface area contributed by atoms with Gasteiger partial charge in [0.25, 0.3) is 5.91 Å². The van der Waals surface area contributed by atoms with E-state index in [1.165, 1.54) is 37.1 Å². The Bertz CT molecular complexity index is 1410. The van der Waals surface area contributed by atoms with Crippen LogP contribution in [0.1, 0.15) is 46.1 Å². The molecular formula is C28H30BrN5O. The minimum Gasteiger partial charge on any atom is -0.364 e. The van der Waals surface area contributed by atoms with Crippen molar-refractivity contribution in [3.63, 3.8) is 0 Å². The zero-order valence-corrected chi connectivity index (χ0v) is 21.7. The molecule has 180 valence electrons. The van der Waals surface area contributed by atoms with Crippen LogP contribution in [0.15, 0.2) is 59.2 Å². The van der Waals surface area contributed by atoms with Crippen molar-refractivity contribution in [1.82, 2.24) is 19.2 Å². The maximum absolute atomic E-state index is 11.5. The summed E-state index contributed by atoms with van der Waals surface area (Å²) in [6.45, 7) is 5.27. The number of carbonyl (C=O) groups excluding carboxylic acids is 1. The Labute approximate surface area is 213 Å². The summed E-state index contributed by atoms with van der Waals surface area (Å²) < 4.78 is 5.07.